The number of aromatic nitrogens is 2. The van der Waals surface area contributed by atoms with Gasteiger partial charge in [-0.2, -0.15) is 0 Å². The molecule has 18 heteroatoms. The zero-order chi connectivity index (χ0) is 43.4. The largest absolute Gasteiger partial charge is 0.455 e. The lowest BCUT2D eigenvalue weighted by Crippen LogP contribution is -2.51. The van der Waals surface area contributed by atoms with Crippen LogP contribution >= 0.6 is 0 Å². The Morgan fingerprint density at radius 3 is 2.47 bits per heavy atom. The van der Waals surface area contributed by atoms with Crippen LogP contribution in [0.5, 0.6) is 11.5 Å². The first kappa shape index (κ1) is 42.2. The van der Waals surface area contributed by atoms with Gasteiger partial charge in [-0.05, 0) is 78.4 Å². The SMILES string of the molecule is O=C(NS(=O)(=O)c1ccc(NCC2CCOCC2)c([N+](=O)[O-])c1)c1ccc(N2CCN(CC(O)(c3ccccc3)c3ccc(F)c(F)c3)CC2)cc1Oc1cnc2[nH]ccc2c1. The van der Waals surface area contributed by atoms with Gasteiger partial charge in [0.2, 0.25) is 0 Å². The molecule has 2 aliphatic heterocycles. The first-order valence-corrected chi connectivity index (χ1v) is 21.5. The van der Waals surface area contributed by atoms with E-state index in [0.29, 0.717) is 62.8 Å². The number of halogens is 2. The second-order valence-electron chi connectivity index (χ2n) is 15.3. The van der Waals surface area contributed by atoms with Gasteiger partial charge in [0.25, 0.3) is 21.6 Å². The molecule has 0 saturated carbocycles. The van der Waals surface area contributed by atoms with Crippen molar-refractivity contribution < 1.29 is 41.5 Å². The van der Waals surface area contributed by atoms with Crippen LogP contribution < -0.4 is 19.7 Å². The summed E-state index contributed by atoms with van der Waals surface area (Å²) < 4.78 is 69.3. The van der Waals surface area contributed by atoms with Gasteiger partial charge in [-0.1, -0.05) is 36.4 Å². The quantitative estimate of drug-likeness (QED) is 0.0683. The monoisotopic (exact) mass is 867 g/mol. The highest BCUT2D eigenvalue weighted by molar-refractivity contribution is 7.90. The highest BCUT2D eigenvalue weighted by Gasteiger charge is 2.36. The number of fused-ring (bicyclic) bond motifs is 1. The normalized spacial score (nSPS) is 16.1. The van der Waals surface area contributed by atoms with E-state index in [2.05, 4.69) is 20.0 Å². The van der Waals surface area contributed by atoms with Crippen LogP contribution in [0.2, 0.25) is 0 Å². The first-order chi connectivity index (χ1) is 29.9. The molecule has 1 unspecified atom stereocenters. The predicted octanol–water partition coefficient (Wildman–Crippen LogP) is 6.56. The van der Waals surface area contributed by atoms with Crippen molar-refractivity contribution in [3.63, 3.8) is 0 Å². The molecular weight excluding hydrogens is 825 g/mol. The van der Waals surface area contributed by atoms with Crippen LogP contribution in [0.25, 0.3) is 11.0 Å². The highest BCUT2D eigenvalue weighted by atomic mass is 32.2. The molecule has 4 N–H and O–H groups in total. The number of amides is 1. The Hall–Kier alpha value is -6.47. The van der Waals surface area contributed by atoms with Crippen molar-refractivity contribution in [2.45, 2.75) is 23.3 Å². The summed E-state index contributed by atoms with van der Waals surface area (Å²) in [5.41, 5.74) is -0.102. The molecule has 2 saturated heterocycles. The van der Waals surface area contributed by atoms with Gasteiger partial charge in [0.15, 0.2) is 11.6 Å². The summed E-state index contributed by atoms with van der Waals surface area (Å²) in [6, 6.07) is 23.8. The van der Waals surface area contributed by atoms with Crippen molar-refractivity contribution in [3.05, 3.63) is 148 Å². The van der Waals surface area contributed by atoms with E-state index in [-0.39, 0.29) is 40.8 Å². The van der Waals surface area contributed by atoms with E-state index >= 15 is 0 Å². The number of nitro groups is 1. The van der Waals surface area contributed by atoms with Crippen LogP contribution in [-0.2, 0) is 20.4 Å². The number of nitrogens with one attached hydrogen (secondary N) is 3. The van der Waals surface area contributed by atoms with Crippen LogP contribution in [0.15, 0.2) is 114 Å². The number of hydrogen-bond acceptors (Lipinski definition) is 12. The molecule has 0 bridgehead atoms. The van der Waals surface area contributed by atoms with Gasteiger partial charge in [0, 0.05) is 81.9 Å². The number of aromatic amines is 1. The van der Waals surface area contributed by atoms with Gasteiger partial charge in [-0.25, -0.2) is 26.9 Å². The molecule has 0 spiro atoms. The number of benzene rings is 4. The Labute approximate surface area is 355 Å². The summed E-state index contributed by atoms with van der Waals surface area (Å²) >= 11 is 0. The van der Waals surface area contributed by atoms with Crippen molar-refractivity contribution in [2.24, 2.45) is 5.92 Å². The Bertz CT molecular complexity index is 2710. The molecule has 2 aliphatic rings. The Balaban J connectivity index is 1.02. The van der Waals surface area contributed by atoms with Crippen molar-refractivity contribution in [3.8, 4) is 11.5 Å². The van der Waals surface area contributed by atoms with Gasteiger partial charge in [-0.15, -0.1) is 0 Å². The lowest BCUT2D eigenvalue weighted by molar-refractivity contribution is -0.384. The van der Waals surface area contributed by atoms with Crippen molar-refractivity contribution in [1.29, 1.82) is 0 Å². The fraction of sp³-hybridized carbons (Fsp3) is 0.273. The third-order valence-electron chi connectivity index (χ3n) is 11.3. The number of anilines is 2. The molecule has 4 aromatic carbocycles. The number of carbonyl (C=O) groups excluding carboxylic acids is 1. The van der Waals surface area contributed by atoms with Gasteiger partial charge in [-0.3, -0.25) is 19.8 Å². The minimum atomic E-state index is -4.62. The maximum atomic E-state index is 14.4. The Kier molecular flexibility index (Phi) is 12.2. The standard InChI is InChI=1S/C44H43F2N7O8S/c45-37-10-6-32(23-38(37)46)44(55,31-4-2-1-3-5-31)28-51-16-18-52(19-17-51)33-7-9-36(41(24-33)61-34-22-30-12-15-47-42(30)49-27-34)43(54)50-62(58,59)35-8-11-39(40(25-35)53(56)57)48-26-29-13-20-60-21-14-29/h1-12,15,22-25,27,29,48,55H,13-14,16-21,26,28H2,(H,47,49)(H,50,54). The fourth-order valence-electron chi connectivity index (χ4n) is 7.81. The van der Waals surface area contributed by atoms with E-state index in [1.54, 1.807) is 60.8 Å². The molecular formula is C44H43F2N7O8S. The summed E-state index contributed by atoms with van der Waals surface area (Å²) in [5, 5.41) is 28.0. The smallest absolute Gasteiger partial charge is 0.293 e. The molecule has 62 heavy (non-hydrogen) atoms. The van der Waals surface area contributed by atoms with E-state index in [9.17, 15) is 37.2 Å². The fourth-order valence-corrected chi connectivity index (χ4v) is 8.79. The molecule has 8 rings (SSSR count). The van der Waals surface area contributed by atoms with Crippen LogP contribution in [0.1, 0.15) is 34.3 Å². The number of sulfonamides is 1. The number of piperazine rings is 1. The number of aliphatic hydroxyl groups is 1. The minimum absolute atomic E-state index is 0.0183. The van der Waals surface area contributed by atoms with Gasteiger partial charge in [0.05, 0.1) is 21.6 Å². The summed E-state index contributed by atoms with van der Waals surface area (Å²) in [5.74, 6) is -2.58. The number of pyridine rings is 1. The number of nitrogens with zero attached hydrogens (tertiary/aromatic N) is 4. The number of nitro benzene ring substituents is 1. The average Bonchev–Trinajstić information content (AvgIpc) is 3.75. The van der Waals surface area contributed by atoms with Gasteiger partial charge >= 0.3 is 0 Å². The van der Waals surface area contributed by atoms with Gasteiger partial charge < -0.3 is 29.8 Å². The van der Waals surface area contributed by atoms with Crippen LogP contribution in [-0.4, -0.2) is 91.7 Å². The number of H-pyrrole nitrogens is 1. The Morgan fingerprint density at radius 1 is 0.952 bits per heavy atom. The number of rotatable bonds is 14. The maximum absolute atomic E-state index is 14.4. The topological polar surface area (TPSA) is 192 Å². The molecule has 15 nitrogen and oxygen atoms in total. The molecule has 1 amide bonds. The molecule has 0 radical (unpaired) electrons. The second-order valence-corrected chi connectivity index (χ2v) is 17.0. The minimum Gasteiger partial charge on any atom is -0.455 e. The predicted molar refractivity (Wildman–Crippen MR) is 227 cm³/mol. The number of β-amino-alcohol motifs (C(OH)–C–C–N with tert-alkyl or cyclic N) is 1. The Morgan fingerprint density at radius 2 is 1.73 bits per heavy atom. The first-order valence-electron chi connectivity index (χ1n) is 20.0. The van der Waals surface area contributed by atoms with Crippen molar-refractivity contribution in [2.75, 3.05) is 62.7 Å². The summed E-state index contributed by atoms with van der Waals surface area (Å²) in [7, 11) is -4.62. The highest BCUT2D eigenvalue weighted by Crippen LogP contribution is 2.35. The third kappa shape index (κ3) is 9.23. The van der Waals surface area contributed by atoms with Gasteiger partial charge in [0.1, 0.15) is 28.4 Å². The number of hydrogen-bond donors (Lipinski definition) is 4. The summed E-state index contributed by atoms with van der Waals surface area (Å²) in [6.07, 6.45) is 4.76. The summed E-state index contributed by atoms with van der Waals surface area (Å²) in [6.45, 7) is 3.57. The van der Waals surface area contributed by atoms with E-state index in [1.807, 2.05) is 9.80 Å². The third-order valence-corrected chi connectivity index (χ3v) is 12.6. The van der Waals surface area contributed by atoms with Crippen molar-refractivity contribution in [1.82, 2.24) is 19.6 Å². The molecule has 6 aromatic rings. The zero-order valence-corrected chi connectivity index (χ0v) is 34.1. The van der Waals surface area contributed by atoms with E-state index in [4.69, 9.17) is 9.47 Å². The maximum Gasteiger partial charge on any atom is 0.293 e. The number of carbonyl (C=O) groups is 1. The van der Waals surface area contributed by atoms with Crippen LogP contribution in [0, 0.1) is 27.7 Å². The molecule has 4 heterocycles. The number of ether oxygens (including phenoxy) is 2. The zero-order valence-electron chi connectivity index (χ0n) is 33.3. The summed E-state index contributed by atoms with van der Waals surface area (Å²) in [4.78, 5) is 36.2. The lowest BCUT2D eigenvalue weighted by Gasteiger charge is -2.41. The van der Waals surface area contributed by atoms with Crippen molar-refractivity contribution >= 4 is 44.0 Å². The van der Waals surface area contributed by atoms with E-state index in [0.717, 1.165) is 36.4 Å². The molecule has 322 valence electrons. The van der Waals surface area contributed by atoms with E-state index < -0.39 is 48.7 Å². The molecule has 0 aliphatic carbocycles. The van der Waals surface area contributed by atoms with Crippen LogP contribution in [0.4, 0.5) is 25.8 Å². The molecule has 2 fully saturated rings. The lowest BCUT2D eigenvalue weighted by atomic mass is 9.85. The molecule has 2 aromatic heterocycles. The average molecular weight is 868 g/mol. The molecule has 1 atom stereocenters. The van der Waals surface area contributed by atoms with Crippen LogP contribution in [0.3, 0.4) is 0 Å². The second kappa shape index (κ2) is 17.9. The van der Waals surface area contributed by atoms with E-state index in [1.165, 1.54) is 30.5 Å².